The molecule has 0 radical (unpaired) electrons. The van der Waals surface area contributed by atoms with Crippen LogP contribution < -0.4 is 5.32 Å². The number of rotatable bonds is 4. The van der Waals surface area contributed by atoms with Crippen molar-refractivity contribution in [2.24, 2.45) is 5.92 Å². The Morgan fingerprint density at radius 3 is 2.76 bits per heavy atom. The van der Waals surface area contributed by atoms with Gasteiger partial charge in [-0.3, -0.25) is 4.98 Å². The second-order valence-corrected chi connectivity index (χ2v) is 6.51. The highest BCUT2D eigenvalue weighted by molar-refractivity contribution is 5.82. The van der Waals surface area contributed by atoms with E-state index in [4.69, 9.17) is 0 Å². The third kappa shape index (κ3) is 3.44. The number of benzene rings is 1. The van der Waals surface area contributed by atoms with E-state index in [0.29, 0.717) is 6.04 Å². The van der Waals surface area contributed by atoms with E-state index in [1.165, 1.54) is 43.1 Å². The van der Waals surface area contributed by atoms with Crippen LogP contribution in [0.3, 0.4) is 0 Å². The number of aryl methyl sites for hydroxylation is 1. The van der Waals surface area contributed by atoms with E-state index < -0.39 is 0 Å². The second kappa shape index (κ2) is 6.57. The minimum Gasteiger partial charge on any atom is -0.310 e. The number of nitrogens with one attached hydrogen (secondary N) is 1. The fourth-order valence-corrected chi connectivity index (χ4v) is 3.61. The standard InChI is InChI=1S/C19H26N2/c1-14-12-17(18-10-6-7-11-19(18)21-14)13-20-15(2)16-8-4-3-5-9-16/h6-7,10-12,15-16,20H,3-5,8-9,13H2,1-2H3. The molecule has 1 saturated carbocycles. The summed E-state index contributed by atoms with van der Waals surface area (Å²) in [6, 6.07) is 11.3. The number of nitrogens with zero attached hydrogens (tertiary/aromatic N) is 1. The average Bonchev–Trinajstić information content (AvgIpc) is 2.53. The Bertz CT molecular complexity index is 600. The fourth-order valence-electron chi connectivity index (χ4n) is 3.61. The van der Waals surface area contributed by atoms with E-state index >= 15 is 0 Å². The van der Waals surface area contributed by atoms with Gasteiger partial charge in [0.25, 0.3) is 0 Å². The third-order valence-electron chi connectivity index (χ3n) is 4.90. The van der Waals surface area contributed by atoms with Crippen LogP contribution in [0.25, 0.3) is 10.9 Å². The molecule has 1 N–H and O–H groups in total. The van der Waals surface area contributed by atoms with Crippen molar-refractivity contribution in [3.8, 4) is 0 Å². The predicted molar refractivity (Wildman–Crippen MR) is 89.4 cm³/mol. The summed E-state index contributed by atoms with van der Waals surface area (Å²) in [6.07, 6.45) is 7.04. The molecule has 1 unspecified atom stereocenters. The Hall–Kier alpha value is -1.41. The second-order valence-electron chi connectivity index (χ2n) is 6.51. The van der Waals surface area contributed by atoms with Gasteiger partial charge in [0.2, 0.25) is 0 Å². The van der Waals surface area contributed by atoms with Crippen molar-refractivity contribution in [3.05, 3.63) is 41.6 Å². The first-order valence-electron chi connectivity index (χ1n) is 8.32. The Morgan fingerprint density at radius 1 is 1.19 bits per heavy atom. The van der Waals surface area contributed by atoms with Crippen LogP contribution in [0, 0.1) is 12.8 Å². The number of fused-ring (bicyclic) bond motifs is 1. The van der Waals surface area contributed by atoms with Crippen LogP contribution in [0.4, 0.5) is 0 Å². The molecule has 3 rings (SSSR count). The van der Waals surface area contributed by atoms with Gasteiger partial charge >= 0.3 is 0 Å². The summed E-state index contributed by atoms with van der Waals surface area (Å²) in [7, 11) is 0. The maximum Gasteiger partial charge on any atom is 0.0708 e. The van der Waals surface area contributed by atoms with Gasteiger partial charge in [-0.05, 0) is 50.3 Å². The molecule has 21 heavy (non-hydrogen) atoms. The molecule has 1 aliphatic carbocycles. The van der Waals surface area contributed by atoms with Crippen molar-refractivity contribution in [1.29, 1.82) is 0 Å². The molecule has 0 saturated heterocycles. The molecule has 0 spiro atoms. The van der Waals surface area contributed by atoms with Crippen LogP contribution in [-0.2, 0) is 6.54 Å². The van der Waals surface area contributed by atoms with Crippen molar-refractivity contribution in [2.75, 3.05) is 0 Å². The molecule has 2 heteroatoms. The SMILES string of the molecule is Cc1cc(CNC(C)C2CCCCC2)c2ccccc2n1. The molecule has 0 aliphatic heterocycles. The van der Waals surface area contributed by atoms with Crippen molar-refractivity contribution in [2.45, 2.75) is 58.5 Å². The Balaban J connectivity index is 1.72. The van der Waals surface area contributed by atoms with Crippen LogP contribution in [0.5, 0.6) is 0 Å². The molecular weight excluding hydrogens is 256 g/mol. The van der Waals surface area contributed by atoms with E-state index in [1.54, 1.807) is 0 Å². The van der Waals surface area contributed by atoms with Gasteiger partial charge in [0.05, 0.1) is 5.52 Å². The predicted octanol–water partition coefficient (Wildman–Crippen LogP) is 4.60. The average molecular weight is 282 g/mol. The third-order valence-corrected chi connectivity index (χ3v) is 4.90. The maximum absolute atomic E-state index is 4.63. The van der Waals surface area contributed by atoms with Gasteiger partial charge in [-0.1, -0.05) is 37.5 Å². The van der Waals surface area contributed by atoms with Gasteiger partial charge in [-0.25, -0.2) is 0 Å². The van der Waals surface area contributed by atoms with E-state index in [0.717, 1.165) is 23.7 Å². The zero-order valence-electron chi connectivity index (χ0n) is 13.2. The lowest BCUT2D eigenvalue weighted by Gasteiger charge is -2.28. The van der Waals surface area contributed by atoms with Crippen molar-refractivity contribution in [3.63, 3.8) is 0 Å². The van der Waals surface area contributed by atoms with E-state index in [-0.39, 0.29) is 0 Å². The topological polar surface area (TPSA) is 24.9 Å². The molecule has 1 aliphatic rings. The first kappa shape index (κ1) is 14.5. The molecule has 1 aromatic heterocycles. The largest absolute Gasteiger partial charge is 0.310 e. The number of hydrogen-bond donors (Lipinski definition) is 1. The molecule has 1 fully saturated rings. The molecule has 1 heterocycles. The number of aromatic nitrogens is 1. The summed E-state index contributed by atoms with van der Waals surface area (Å²) in [4.78, 5) is 4.63. The Kier molecular flexibility index (Phi) is 4.54. The van der Waals surface area contributed by atoms with Gasteiger partial charge in [0.15, 0.2) is 0 Å². The van der Waals surface area contributed by atoms with E-state index in [9.17, 15) is 0 Å². The van der Waals surface area contributed by atoms with Crippen LogP contribution >= 0.6 is 0 Å². The van der Waals surface area contributed by atoms with Gasteiger partial charge in [-0.15, -0.1) is 0 Å². The highest BCUT2D eigenvalue weighted by Gasteiger charge is 2.19. The summed E-state index contributed by atoms with van der Waals surface area (Å²) in [5, 5.41) is 5.04. The number of hydrogen-bond acceptors (Lipinski definition) is 2. The zero-order chi connectivity index (χ0) is 14.7. The van der Waals surface area contributed by atoms with Crippen molar-refractivity contribution >= 4 is 10.9 Å². The molecular formula is C19H26N2. The lowest BCUT2D eigenvalue weighted by Crippen LogP contribution is -2.34. The fraction of sp³-hybridized carbons (Fsp3) is 0.526. The van der Waals surface area contributed by atoms with Gasteiger partial charge in [0, 0.05) is 23.7 Å². The van der Waals surface area contributed by atoms with E-state index in [2.05, 4.69) is 54.5 Å². The van der Waals surface area contributed by atoms with Gasteiger partial charge < -0.3 is 5.32 Å². The molecule has 2 aromatic rings. The summed E-state index contributed by atoms with van der Waals surface area (Å²) in [6.45, 7) is 5.38. The van der Waals surface area contributed by atoms with Gasteiger partial charge in [0.1, 0.15) is 0 Å². The maximum atomic E-state index is 4.63. The molecule has 0 bridgehead atoms. The van der Waals surface area contributed by atoms with E-state index in [1.807, 2.05) is 0 Å². The first-order chi connectivity index (χ1) is 10.2. The highest BCUT2D eigenvalue weighted by Crippen LogP contribution is 2.26. The molecule has 2 nitrogen and oxygen atoms in total. The van der Waals surface area contributed by atoms with Crippen LogP contribution in [0.15, 0.2) is 30.3 Å². The molecule has 1 atom stereocenters. The lowest BCUT2D eigenvalue weighted by molar-refractivity contribution is 0.281. The first-order valence-corrected chi connectivity index (χ1v) is 8.32. The minimum atomic E-state index is 0.609. The Labute approximate surface area is 128 Å². The van der Waals surface area contributed by atoms with Crippen LogP contribution in [0.1, 0.15) is 50.3 Å². The number of para-hydroxylation sites is 1. The van der Waals surface area contributed by atoms with Crippen molar-refractivity contribution in [1.82, 2.24) is 10.3 Å². The number of pyridine rings is 1. The minimum absolute atomic E-state index is 0.609. The summed E-state index contributed by atoms with van der Waals surface area (Å²) < 4.78 is 0. The van der Waals surface area contributed by atoms with Crippen LogP contribution in [0.2, 0.25) is 0 Å². The quantitative estimate of drug-likeness (QED) is 0.886. The molecule has 1 aromatic carbocycles. The molecule has 0 amide bonds. The van der Waals surface area contributed by atoms with Crippen LogP contribution in [-0.4, -0.2) is 11.0 Å². The summed E-state index contributed by atoms with van der Waals surface area (Å²) in [5.74, 6) is 0.855. The summed E-state index contributed by atoms with van der Waals surface area (Å²) in [5.41, 5.74) is 3.59. The van der Waals surface area contributed by atoms with Crippen molar-refractivity contribution < 1.29 is 0 Å². The smallest absolute Gasteiger partial charge is 0.0708 e. The van der Waals surface area contributed by atoms with Gasteiger partial charge in [-0.2, -0.15) is 0 Å². The monoisotopic (exact) mass is 282 g/mol. The zero-order valence-corrected chi connectivity index (χ0v) is 13.2. The Morgan fingerprint density at radius 2 is 1.95 bits per heavy atom. The summed E-state index contributed by atoms with van der Waals surface area (Å²) >= 11 is 0. The normalized spacial score (nSPS) is 18.0. The lowest BCUT2D eigenvalue weighted by atomic mass is 9.84. The molecule has 112 valence electrons. The highest BCUT2D eigenvalue weighted by atomic mass is 14.9.